The van der Waals surface area contributed by atoms with Crippen molar-refractivity contribution in [1.82, 2.24) is 9.62 Å². The third kappa shape index (κ3) is 5.19. The zero-order chi connectivity index (χ0) is 20.1. The first-order valence-electron chi connectivity index (χ1n) is 9.74. The predicted octanol–water partition coefficient (Wildman–Crippen LogP) is 3.71. The molecule has 0 spiro atoms. The van der Waals surface area contributed by atoms with Gasteiger partial charge < -0.3 is 10.1 Å². The number of amides is 1. The smallest absolute Gasteiger partial charge is 0.252 e. The van der Waals surface area contributed by atoms with E-state index in [1.54, 1.807) is 0 Å². The standard InChI is InChI=1S/C19H26Cl2N2O4S/c20-16-13-17(21)18(28(25,26)23-8-10-27-11-9-23)12-15(16)19(24)22-7-6-14-4-2-1-3-5-14/h12-14H,1-11H2,(H,22,24). The van der Waals surface area contributed by atoms with E-state index in [-0.39, 0.29) is 39.5 Å². The Hall–Kier alpha value is -0.860. The number of sulfonamides is 1. The lowest BCUT2D eigenvalue weighted by Gasteiger charge is -2.26. The summed E-state index contributed by atoms with van der Waals surface area (Å²) < 4.78 is 32.4. The maximum absolute atomic E-state index is 12.9. The van der Waals surface area contributed by atoms with Gasteiger partial charge in [0, 0.05) is 19.6 Å². The molecule has 0 unspecified atom stereocenters. The molecular weight excluding hydrogens is 423 g/mol. The van der Waals surface area contributed by atoms with Crippen LogP contribution in [0.5, 0.6) is 0 Å². The minimum atomic E-state index is -3.82. The Balaban J connectivity index is 1.72. The van der Waals surface area contributed by atoms with Gasteiger partial charge in [0.05, 0.1) is 28.8 Å². The third-order valence-corrected chi connectivity index (χ3v) is 8.09. The Labute approximate surface area is 176 Å². The fourth-order valence-electron chi connectivity index (χ4n) is 3.79. The number of carbonyl (C=O) groups is 1. The Morgan fingerprint density at radius 2 is 1.79 bits per heavy atom. The first-order chi connectivity index (χ1) is 13.4. The molecule has 0 atom stereocenters. The second-order valence-electron chi connectivity index (χ2n) is 7.33. The van der Waals surface area contributed by atoms with Gasteiger partial charge in [0.25, 0.3) is 5.91 Å². The largest absolute Gasteiger partial charge is 0.379 e. The quantitative estimate of drug-likeness (QED) is 0.719. The first kappa shape index (κ1) is 21.8. The van der Waals surface area contributed by atoms with Crippen LogP contribution in [0, 0.1) is 5.92 Å². The molecule has 1 aliphatic heterocycles. The van der Waals surface area contributed by atoms with Gasteiger partial charge in [0.15, 0.2) is 0 Å². The molecule has 1 saturated carbocycles. The summed E-state index contributed by atoms with van der Waals surface area (Å²) in [6.07, 6.45) is 7.15. The van der Waals surface area contributed by atoms with Crippen molar-refractivity contribution in [2.45, 2.75) is 43.4 Å². The van der Waals surface area contributed by atoms with E-state index in [1.807, 2.05) is 0 Å². The maximum Gasteiger partial charge on any atom is 0.252 e. The second-order valence-corrected chi connectivity index (χ2v) is 10.0. The Bertz CT molecular complexity index is 804. The number of nitrogens with one attached hydrogen (secondary N) is 1. The lowest BCUT2D eigenvalue weighted by atomic mass is 9.87. The maximum atomic E-state index is 12.9. The number of hydrogen-bond donors (Lipinski definition) is 1. The van der Waals surface area contributed by atoms with Crippen LogP contribution >= 0.6 is 23.2 Å². The number of ether oxygens (including phenoxy) is 1. The van der Waals surface area contributed by atoms with Crippen LogP contribution in [0.1, 0.15) is 48.9 Å². The molecule has 9 heteroatoms. The molecule has 2 aliphatic rings. The minimum absolute atomic E-state index is 0.00949. The van der Waals surface area contributed by atoms with Gasteiger partial charge in [-0.05, 0) is 24.5 Å². The van der Waals surface area contributed by atoms with Crippen LogP contribution in [0.15, 0.2) is 17.0 Å². The highest BCUT2D eigenvalue weighted by atomic mass is 35.5. The molecular formula is C19H26Cl2N2O4S. The number of benzene rings is 1. The highest BCUT2D eigenvalue weighted by Crippen LogP contribution is 2.31. The van der Waals surface area contributed by atoms with Crippen LogP contribution in [-0.4, -0.2) is 51.5 Å². The van der Waals surface area contributed by atoms with Crippen molar-refractivity contribution in [1.29, 1.82) is 0 Å². The lowest BCUT2D eigenvalue weighted by molar-refractivity contribution is 0.0730. The van der Waals surface area contributed by atoms with Crippen LogP contribution in [0.2, 0.25) is 10.0 Å². The van der Waals surface area contributed by atoms with Crippen LogP contribution in [-0.2, 0) is 14.8 Å². The van der Waals surface area contributed by atoms with Crippen molar-refractivity contribution in [3.63, 3.8) is 0 Å². The van der Waals surface area contributed by atoms with E-state index in [9.17, 15) is 13.2 Å². The molecule has 156 valence electrons. The number of nitrogens with zero attached hydrogens (tertiary/aromatic N) is 1. The summed E-state index contributed by atoms with van der Waals surface area (Å²) in [5.41, 5.74) is 0.126. The van der Waals surface area contributed by atoms with Crippen molar-refractivity contribution in [2.24, 2.45) is 5.92 Å². The molecule has 1 heterocycles. The fourth-order valence-corrected chi connectivity index (χ4v) is 6.03. The highest BCUT2D eigenvalue weighted by Gasteiger charge is 2.30. The normalized spacial score (nSPS) is 19.5. The van der Waals surface area contributed by atoms with Gasteiger partial charge in [-0.1, -0.05) is 55.3 Å². The molecule has 2 fully saturated rings. The molecule has 1 saturated heterocycles. The molecule has 1 aromatic rings. The first-order valence-corrected chi connectivity index (χ1v) is 11.9. The van der Waals surface area contributed by atoms with Crippen molar-refractivity contribution < 1.29 is 17.9 Å². The topological polar surface area (TPSA) is 75.7 Å². The van der Waals surface area contributed by atoms with Crippen LogP contribution < -0.4 is 5.32 Å². The number of rotatable bonds is 6. The predicted molar refractivity (Wildman–Crippen MR) is 110 cm³/mol. The zero-order valence-corrected chi connectivity index (χ0v) is 18.1. The van der Waals surface area contributed by atoms with E-state index in [2.05, 4.69) is 5.32 Å². The Kier molecular flexibility index (Phi) is 7.61. The fraction of sp³-hybridized carbons (Fsp3) is 0.632. The summed E-state index contributed by atoms with van der Waals surface area (Å²) in [6, 6.07) is 2.61. The summed E-state index contributed by atoms with van der Waals surface area (Å²) in [4.78, 5) is 12.5. The second kappa shape index (κ2) is 9.76. The monoisotopic (exact) mass is 448 g/mol. The number of morpholine rings is 1. The highest BCUT2D eigenvalue weighted by molar-refractivity contribution is 7.89. The van der Waals surface area contributed by atoms with Crippen LogP contribution in [0.4, 0.5) is 0 Å². The SMILES string of the molecule is O=C(NCCC1CCCCC1)c1cc(S(=O)(=O)N2CCOCC2)c(Cl)cc1Cl. The van der Waals surface area contributed by atoms with E-state index < -0.39 is 10.0 Å². The number of hydrogen-bond acceptors (Lipinski definition) is 4. The minimum Gasteiger partial charge on any atom is -0.379 e. The molecule has 0 radical (unpaired) electrons. The summed E-state index contributed by atoms with van der Waals surface area (Å²) in [6.45, 7) is 1.72. The van der Waals surface area contributed by atoms with Crippen molar-refractivity contribution >= 4 is 39.1 Å². The van der Waals surface area contributed by atoms with E-state index in [0.29, 0.717) is 25.7 Å². The number of halogens is 2. The van der Waals surface area contributed by atoms with E-state index in [0.717, 1.165) is 6.42 Å². The molecule has 0 bridgehead atoms. The summed E-state index contributed by atoms with van der Waals surface area (Å²) in [5.74, 6) is 0.267. The third-order valence-electron chi connectivity index (χ3n) is 5.42. The number of carbonyl (C=O) groups excluding carboxylic acids is 1. The van der Waals surface area contributed by atoms with Crippen molar-refractivity contribution in [3.05, 3.63) is 27.7 Å². The zero-order valence-electron chi connectivity index (χ0n) is 15.8. The van der Waals surface area contributed by atoms with Gasteiger partial charge >= 0.3 is 0 Å². The van der Waals surface area contributed by atoms with Gasteiger partial charge in [-0.15, -0.1) is 0 Å². The van der Waals surface area contributed by atoms with E-state index in [4.69, 9.17) is 27.9 Å². The molecule has 1 amide bonds. The average Bonchev–Trinajstić information content (AvgIpc) is 2.69. The molecule has 1 aliphatic carbocycles. The summed E-state index contributed by atoms with van der Waals surface area (Å²) in [5, 5.41) is 3.02. The van der Waals surface area contributed by atoms with E-state index in [1.165, 1.54) is 48.5 Å². The average molecular weight is 449 g/mol. The molecule has 6 nitrogen and oxygen atoms in total. The van der Waals surface area contributed by atoms with Gasteiger partial charge in [-0.2, -0.15) is 4.31 Å². The molecule has 1 aromatic carbocycles. The van der Waals surface area contributed by atoms with Crippen LogP contribution in [0.25, 0.3) is 0 Å². The van der Waals surface area contributed by atoms with Crippen molar-refractivity contribution in [2.75, 3.05) is 32.8 Å². The summed E-state index contributed by atoms with van der Waals surface area (Å²) >= 11 is 12.3. The van der Waals surface area contributed by atoms with Crippen molar-refractivity contribution in [3.8, 4) is 0 Å². The Morgan fingerprint density at radius 3 is 2.46 bits per heavy atom. The van der Waals surface area contributed by atoms with E-state index >= 15 is 0 Å². The lowest BCUT2D eigenvalue weighted by Crippen LogP contribution is -2.40. The Morgan fingerprint density at radius 1 is 1.11 bits per heavy atom. The van der Waals surface area contributed by atoms with Gasteiger partial charge in [-0.25, -0.2) is 8.42 Å². The summed E-state index contributed by atoms with van der Waals surface area (Å²) in [7, 11) is -3.82. The molecule has 0 aromatic heterocycles. The molecule has 1 N–H and O–H groups in total. The molecule has 28 heavy (non-hydrogen) atoms. The van der Waals surface area contributed by atoms with Gasteiger partial charge in [0.1, 0.15) is 4.90 Å². The molecule has 3 rings (SSSR count). The van der Waals surface area contributed by atoms with Crippen LogP contribution in [0.3, 0.4) is 0 Å². The van der Waals surface area contributed by atoms with Gasteiger partial charge in [0.2, 0.25) is 10.0 Å². The van der Waals surface area contributed by atoms with Gasteiger partial charge in [-0.3, -0.25) is 4.79 Å².